The second kappa shape index (κ2) is 2.50. The lowest BCUT2D eigenvalue weighted by atomic mass is 9.89. The highest BCUT2D eigenvalue weighted by molar-refractivity contribution is 5.73. The minimum Gasteiger partial charge on any atom is -0.469 e. The van der Waals surface area contributed by atoms with Gasteiger partial charge in [0.1, 0.15) is 0 Å². The van der Waals surface area contributed by atoms with E-state index < -0.39 is 0 Å². The fourth-order valence-corrected chi connectivity index (χ4v) is 2.68. The molecule has 2 heteroatoms. The molecule has 2 bridgehead atoms. The van der Waals surface area contributed by atoms with Crippen LogP contribution in [-0.2, 0) is 9.53 Å². The Morgan fingerprint density at radius 3 is 2.64 bits per heavy atom. The van der Waals surface area contributed by atoms with Crippen molar-refractivity contribution in [2.24, 2.45) is 17.8 Å². The molecule has 2 fully saturated rings. The van der Waals surface area contributed by atoms with Crippen LogP contribution in [0.5, 0.6) is 0 Å². The van der Waals surface area contributed by atoms with Crippen LogP contribution >= 0.6 is 0 Å². The molecule has 0 amide bonds. The first kappa shape index (κ1) is 7.14. The smallest absolute Gasteiger partial charge is 0.308 e. The number of fused-ring (bicyclic) bond motifs is 2. The number of carbonyl (C=O) groups is 1. The normalized spacial score (nSPS) is 41.0. The quantitative estimate of drug-likeness (QED) is 0.536. The Kier molecular flexibility index (Phi) is 1.63. The highest BCUT2D eigenvalue weighted by Gasteiger charge is 2.43. The molecule has 0 aromatic carbocycles. The van der Waals surface area contributed by atoms with Crippen molar-refractivity contribution in [1.82, 2.24) is 0 Å². The zero-order chi connectivity index (χ0) is 7.84. The van der Waals surface area contributed by atoms with Gasteiger partial charge in [-0.15, -0.1) is 0 Å². The Bertz CT molecular complexity index is 176. The Hall–Kier alpha value is -0.530. The third kappa shape index (κ3) is 1.05. The molecule has 2 rings (SSSR count). The fraction of sp³-hybridized carbons (Fsp3) is 0.889. The van der Waals surface area contributed by atoms with Crippen molar-refractivity contribution < 1.29 is 9.53 Å². The van der Waals surface area contributed by atoms with Gasteiger partial charge in [0.25, 0.3) is 0 Å². The lowest BCUT2D eigenvalue weighted by molar-refractivity contribution is -0.147. The maximum Gasteiger partial charge on any atom is 0.308 e. The largest absolute Gasteiger partial charge is 0.469 e. The van der Waals surface area contributed by atoms with E-state index in [1.165, 1.54) is 26.4 Å². The van der Waals surface area contributed by atoms with Crippen LogP contribution in [0.15, 0.2) is 0 Å². The van der Waals surface area contributed by atoms with E-state index in [1.54, 1.807) is 0 Å². The van der Waals surface area contributed by atoms with Gasteiger partial charge in [-0.2, -0.15) is 0 Å². The maximum absolute atomic E-state index is 11.2. The summed E-state index contributed by atoms with van der Waals surface area (Å²) in [6.07, 6.45) is 4.97. The van der Waals surface area contributed by atoms with Crippen LogP contribution in [0, 0.1) is 17.8 Å². The zero-order valence-corrected chi connectivity index (χ0v) is 6.88. The first-order chi connectivity index (χ1) is 5.31. The van der Waals surface area contributed by atoms with Crippen molar-refractivity contribution in [1.29, 1.82) is 0 Å². The SMILES string of the molecule is COC(=O)[C@@H]1C[C@@H]2CC[C@@H]1C2. The van der Waals surface area contributed by atoms with E-state index in [1.807, 2.05) is 0 Å². The number of carbonyl (C=O) groups excluding carboxylic acids is 1. The fourth-order valence-electron chi connectivity index (χ4n) is 2.68. The van der Waals surface area contributed by atoms with Gasteiger partial charge in [-0.3, -0.25) is 4.79 Å². The van der Waals surface area contributed by atoms with Gasteiger partial charge in [-0.05, 0) is 31.1 Å². The molecule has 0 aliphatic heterocycles. The molecule has 2 saturated carbocycles. The molecule has 0 saturated heterocycles. The predicted molar refractivity (Wildman–Crippen MR) is 41.0 cm³/mol. The van der Waals surface area contributed by atoms with Crippen LogP contribution in [-0.4, -0.2) is 13.1 Å². The molecule has 0 radical (unpaired) electrons. The molecule has 0 heterocycles. The van der Waals surface area contributed by atoms with Crippen molar-refractivity contribution in [3.63, 3.8) is 0 Å². The van der Waals surface area contributed by atoms with Gasteiger partial charge in [0, 0.05) is 0 Å². The summed E-state index contributed by atoms with van der Waals surface area (Å²) >= 11 is 0. The maximum atomic E-state index is 11.2. The van der Waals surface area contributed by atoms with Crippen molar-refractivity contribution >= 4 is 5.97 Å². The Morgan fingerprint density at radius 2 is 2.18 bits per heavy atom. The molecule has 0 aromatic rings. The lowest BCUT2D eigenvalue weighted by Crippen LogP contribution is -2.21. The number of methoxy groups -OCH3 is 1. The summed E-state index contributed by atoms with van der Waals surface area (Å²) in [5, 5.41) is 0. The summed E-state index contributed by atoms with van der Waals surface area (Å²) < 4.78 is 4.75. The van der Waals surface area contributed by atoms with Gasteiger partial charge < -0.3 is 4.74 Å². The molecule has 0 aromatic heterocycles. The van der Waals surface area contributed by atoms with Crippen LogP contribution in [0.4, 0.5) is 0 Å². The Labute approximate surface area is 66.9 Å². The number of rotatable bonds is 1. The molecular formula is C9H14O2. The van der Waals surface area contributed by atoms with Crippen LogP contribution in [0.25, 0.3) is 0 Å². The number of esters is 1. The molecule has 62 valence electrons. The molecule has 2 aliphatic rings. The summed E-state index contributed by atoms with van der Waals surface area (Å²) in [5.41, 5.74) is 0. The first-order valence-electron chi connectivity index (χ1n) is 4.39. The average molecular weight is 154 g/mol. The molecule has 11 heavy (non-hydrogen) atoms. The first-order valence-corrected chi connectivity index (χ1v) is 4.39. The standard InChI is InChI=1S/C9H14O2/c1-11-9(10)8-5-6-2-3-7(8)4-6/h6-8H,2-5H2,1H3/t6-,7-,8-/m1/s1. The van der Waals surface area contributed by atoms with Gasteiger partial charge in [-0.1, -0.05) is 6.42 Å². The second-order valence-corrected chi connectivity index (χ2v) is 3.80. The lowest BCUT2D eigenvalue weighted by Gasteiger charge is -2.18. The Balaban J connectivity index is 2.02. The van der Waals surface area contributed by atoms with Crippen LogP contribution in [0.2, 0.25) is 0 Å². The summed E-state index contributed by atoms with van der Waals surface area (Å²) in [6.45, 7) is 0. The van der Waals surface area contributed by atoms with Crippen molar-refractivity contribution in [3.8, 4) is 0 Å². The summed E-state index contributed by atoms with van der Waals surface area (Å²) in [6, 6.07) is 0. The van der Waals surface area contributed by atoms with E-state index >= 15 is 0 Å². The van der Waals surface area contributed by atoms with Crippen molar-refractivity contribution in [2.45, 2.75) is 25.7 Å². The van der Waals surface area contributed by atoms with Crippen LogP contribution in [0.1, 0.15) is 25.7 Å². The molecule has 3 atom stereocenters. The minimum atomic E-state index is 0.0252. The highest BCUT2D eigenvalue weighted by Crippen LogP contribution is 2.48. The number of ether oxygens (including phenoxy) is 1. The van der Waals surface area contributed by atoms with E-state index in [4.69, 9.17) is 4.74 Å². The van der Waals surface area contributed by atoms with Gasteiger partial charge in [-0.25, -0.2) is 0 Å². The number of hydrogen-bond acceptors (Lipinski definition) is 2. The van der Waals surface area contributed by atoms with Gasteiger partial charge >= 0.3 is 5.97 Å². The van der Waals surface area contributed by atoms with E-state index in [9.17, 15) is 4.79 Å². The predicted octanol–water partition coefficient (Wildman–Crippen LogP) is 1.60. The molecule has 2 aliphatic carbocycles. The number of hydrogen-bond donors (Lipinski definition) is 0. The summed E-state index contributed by atoms with van der Waals surface area (Å²) in [7, 11) is 1.49. The molecule has 0 unspecified atom stereocenters. The van der Waals surface area contributed by atoms with Crippen molar-refractivity contribution in [2.75, 3.05) is 7.11 Å². The van der Waals surface area contributed by atoms with Crippen molar-refractivity contribution in [3.05, 3.63) is 0 Å². The van der Waals surface area contributed by atoms with Gasteiger partial charge in [0.15, 0.2) is 0 Å². The third-order valence-corrected chi connectivity index (χ3v) is 3.24. The van der Waals surface area contributed by atoms with Gasteiger partial charge in [0.05, 0.1) is 13.0 Å². The molecule has 2 nitrogen and oxygen atoms in total. The zero-order valence-electron chi connectivity index (χ0n) is 6.88. The molecule has 0 spiro atoms. The molecule has 0 N–H and O–H groups in total. The van der Waals surface area contributed by atoms with E-state index in [0.717, 1.165) is 12.3 Å². The minimum absolute atomic E-state index is 0.0252. The third-order valence-electron chi connectivity index (χ3n) is 3.24. The average Bonchev–Trinajstić information content (AvgIpc) is 2.62. The topological polar surface area (TPSA) is 26.3 Å². The summed E-state index contributed by atoms with van der Waals surface area (Å²) in [4.78, 5) is 11.2. The van der Waals surface area contributed by atoms with Crippen LogP contribution < -0.4 is 0 Å². The Morgan fingerprint density at radius 1 is 1.36 bits per heavy atom. The second-order valence-electron chi connectivity index (χ2n) is 3.80. The van der Waals surface area contributed by atoms with Crippen LogP contribution in [0.3, 0.4) is 0 Å². The van der Waals surface area contributed by atoms with E-state index in [-0.39, 0.29) is 11.9 Å². The monoisotopic (exact) mass is 154 g/mol. The molecular weight excluding hydrogens is 140 g/mol. The van der Waals surface area contributed by atoms with E-state index in [2.05, 4.69) is 0 Å². The summed E-state index contributed by atoms with van der Waals surface area (Å²) in [5.74, 6) is 1.77. The van der Waals surface area contributed by atoms with E-state index in [0.29, 0.717) is 5.92 Å². The highest BCUT2D eigenvalue weighted by atomic mass is 16.5. The van der Waals surface area contributed by atoms with Gasteiger partial charge in [0.2, 0.25) is 0 Å².